The van der Waals surface area contributed by atoms with Crippen molar-refractivity contribution in [3.63, 3.8) is 0 Å². The monoisotopic (exact) mass is 201 g/mol. The fourth-order valence-corrected chi connectivity index (χ4v) is 1.98. The van der Waals surface area contributed by atoms with Crippen LogP contribution in [-0.2, 0) is 4.57 Å². The van der Waals surface area contributed by atoms with Crippen LogP contribution >= 0.6 is 7.60 Å². The Balaban J connectivity index is 2.99. The van der Waals surface area contributed by atoms with Crippen molar-refractivity contribution in [3.8, 4) is 0 Å². The lowest BCUT2D eigenvalue weighted by atomic mass is 10.1. The van der Waals surface area contributed by atoms with E-state index in [1.807, 2.05) is 0 Å². The Morgan fingerprint density at radius 2 is 1.85 bits per heavy atom. The van der Waals surface area contributed by atoms with Gasteiger partial charge in [0.05, 0.1) is 5.66 Å². The molecular weight excluding hydrogens is 189 g/mol. The maximum absolute atomic E-state index is 11.0. The maximum Gasteiger partial charge on any atom is 0.334 e. The van der Waals surface area contributed by atoms with Gasteiger partial charge >= 0.3 is 7.60 Å². The molecule has 0 saturated carbocycles. The average Bonchev–Trinajstić information content (AvgIpc) is 2.05. The Labute approximate surface area is 76.6 Å². The Morgan fingerprint density at radius 3 is 2.23 bits per heavy atom. The van der Waals surface area contributed by atoms with Gasteiger partial charge in [-0.2, -0.15) is 0 Å². The van der Waals surface area contributed by atoms with Crippen molar-refractivity contribution in [2.24, 2.45) is 5.73 Å². The molecule has 72 valence electrons. The van der Waals surface area contributed by atoms with Crippen LogP contribution in [0.1, 0.15) is 11.2 Å². The number of benzene rings is 1. The lowest BCUT2D eigenvalue weighted by Crippen LogP contribution is -2.12. The van der Waals surface area contributed by atoms with Crippen molar-refractivity contribution in [1.82, 2.24) is 0 Å². The van der Waals surface area contributed by atoms with E-state index in [1.165, 1.54) is 0 Å². The molecule has 0 aliphatic heterocycles. The highest BCUT2D eigenvalue weighted by atomic mass is 31.2. The minimum Gasteiger partial charge on any atom is -0.329 e. The van der Waals surface area contributed by atoms with E-state index in [9.17, 15) is 4.57 Å². The zero-order chi connectivity index (χ0) is 9.90. The molecule has 0 bridgehead atoms. The molecule has 4 nitrogen and oxygen atoms in total. The summed E-state index contributed by atoms with van der Waals surface area (Å²) in [4.78, 5) is 17.9. The molecule has 1 aromatic carbocycles. The first-order chi connectivity index (χ1) is 6.05. The molecule has 0 spiro atoms. The third-order valence-electron chi connectivity index (χ3n) is 1.81. The number of rotatable bonds is 3. The minimum absolute atomic E-state index is 0.0473. The first kappa shape index (κ1) is 10.4. The Bertz CT molecular complexity index is 308. The van der Waals surface area contributed by atoms with Crippen molar-refractivity contribution in [1.29, 1.82) is 0 Å². The summed E-state index contributed by atoms with van der Waals surface area (Å²) >= 11 is 0. The van der Waals surface area contributed by atoms with Gasteiger partial charge in [-0.1, -0.05) is 30.3 Å². The Hall–Kier alpha value is -0.670. The SMILES string of the molecule is NC[C@H](c1ccccc1)P(=O)(O)O. The van der Waals surface area contributed by atoms with Crippen LogP contribution in [0.2, 0.25) is 0 Å². The summed E-state index contributed by atoms with van der Waals surface area (Å²) in [6, 6.07) is 8.57. The highest BCUT2D eigenvalue weighted by molar-refractivity contribution is 7.52. The highest BCUT2D eigenvalue weighted by Gasteiger charge is 2.28. The Morgan fingerprint density at radius 1 is 1.31 bits per heavy atom. The summed E-state index contributed by atoms with van der Waals surface area (Å²) in [6.45, 7) is -0.0473. The zero-order valence-electron chi connectivity index (χ0n) is 7.00. The smallest absolute Gasteiger partial charge is 0.329 e. The summed E-state index contributed by atoms with van der Waals surface area (Å²) in [5.74, 6) is 0. The van der Waals surface area contributed by atoms with Gasteiger partial charge in [0.15, 0.2) is 0 Å². The largest absolute Gasteiger partial charge is 0.334 e. The topological polar surface area (TPSA) is 83.6 Å². The molecule has 0 heterocycles. The van der Waals surface area contributed by atoms with E-state index in [1.54, 1.807) is 30.3 Å². The summed E-state index contributed by atoms with van der Waals surface area (Å²) in [6.07, 6.45) is 0. The third-order valence-corrected chi connectivity index (χ3v) is 3.13. The average molecular weight is 201 g/mol. The zero-order valence-corrected chi connectivity index (χ0v) is 7.89. The van der Waals surface area contributed by atoms with Gasteiger partial charge in [-0.05, 0) is 5.56 Å². The van der Waals surface area contributed by atoms with Gasteiger partial charge in [0.2, 0.25) is 0 Å². The van der Waals surface area contributed by atoms with Crippen molar-refractivity contribution in [2.75, 3.05) is 6.54 Å². The maximum atomic E-state index is 11.0. The molecule has 0 fully saturated rings. The molecule has 0 aliphatic rings. The minimum atomic E-state index is -4.12. The molecule has 13 heavy (non-hydrogen) atoms. The first-order valence-corrected chi connectivity index (χ1v) is 5.54. The second kappa shape index (κ2) is 4.03. The van der Waals surface area contributed by atoms with E-state index in [4.69, 9.17) is 15.5 Å². The summed E-state index contributed by atoms with van der Waals surface area (Å²) in [7, 11) is -4.12. The summed E-state index contributed by atoms with van der Waals surface area (Å²) in [5, 5.41) is 0. The predicted octanol–water partition coefficient (Wildman–Crippen LogP) is 0.864. The van der Waals surface area contributed by atoms with Crippen molar-refractivity contribution < 1.29 is 14.4 Å². The van der Waals surface area contributed by atoms with Crippen molar-refractivity contribution in [3.05, 3.63) is 35.9 Å². The van der Waals surface area contributed by atoms with E-state index in [2.05, 4.69) is 0 Å². The van der Waals surface area contributed by atoms with Gasteiger partial charge in [0.1, 0.15) is 0 Å². The first-order valence-electron chi connectivity index (χ1n) is 3.86. The highest BCUT2D eigenvalue weighted by Crippen LogP contribution is 2.50. The second-order valence-corrected chi connectivity index (χ2v) is 4.55. The normalized spacial score (nSPS) is 14.1. The van der Waals surface area contributed by atoms with E-state index >= 15 is 0 Å². The van der Waals surface area contributed by atoms with Gasteiger partial charge in [-0.15, -0.1) is 0 Å². The van der Waals surface area contributed by atoms with Gasteiger partial charge in [0, 0.05) is 6.54 Å². The van der Waals surface area contributed by atoms with Crippen LogP contribution in [0.4, 0.5) is 0 Å². The van der Waals surface area contributed by atoms with E-state index in [0.29, 0.717) is 5.56 Å². The second-order valence-electron chi connectivity index (χ2n) is 2.75. The lowest BCUT2D eigenvalue weighted by Gasteiger charge is -2.16. The van der Waals surface area contributed by atoms with Crippen LogP contribution in [0.5, 0.6) is 0 Å². The van der Waals surface area contributed by atoms with Crippen molar-refractivity contribution in [2.45, 2.75) is 5.66 Å². The fourth-order valence-electron chi connectivity index (χ4n) is 1.14. The number of hydrogen-bond acceptors (Lipinski definition) is 2. The van der Waals surface area contributed by atoms with Crippen molar-refractivity contribution >= 4 is 7.60 Å². The Kier molecular flexibility index (Phi) is 3.22. The quantitative estimate of drug-likeness (QED) is 0.633. The predicted molar refractivity (Wildman–Crippen MR) is 50.3 cm³/mol. The van der Waals surface area contributed by atoms with Gasteiger partial charge < -0.3 is 15.5 Å². The van der Waals surface area contributed by atoms with E-state index in [-0.39, 0.29) is 6.54 Å². The molecule has 0 radical (unpaired) electrons. The molecule has 0 aromatic heterocycles. The van der Waals surface area contributed by atoms with Crippen LogP contribution in [0.25, 0.3) is 0 Å². The van der Waals surface area contributed by atoms with Crippen LogP contribution in [0.3, 0.4) is 0 Å². The molecule has 0 unspecified atom stereocenters. The standard InChI is InChI=1S/C8H12NO3P/c9-6-8(13(10,11)12)7-4-2-1-3-5-7/h1-5,8H,6,9H2,(H2,10,11,12)/t8-/m1/s1. The molecule has 1 aromatic rings. The van der Waals surface area contributed by atoms with Gasteiger partial charge in [-0.3, -0.25) is 4.57 Å². The third kappa shape index (κ3) is 2.64. The molecule has 4 N–H and O–H groups in total. The molecule has 1 atom stereocenters. The van der Waals surface area contributed by atoms with Crippen LogP contribution in [0.15, 0.2) is 30.3 Å². The fraction of sp³-hybridized carbons (Fsp3) is 0.250. The molecule has 0 aliphatic carbocycles. The molecule has 1 rings (SSSR count). The van der Waals surface area contributed by atoms with Crippen LogP contribution in [0, 0.1) is 0 Å². The number of nitrogens with two attached hydrogens (primary N) is 1. The molecular formula is C8H12NO3P. The molecule has 0 amide bonds. The van der Waals surface area contributed by atoms with Gasteiger partial charge in [0.25, 0.3) is 0 Å². The van der Waals surface area contributed by atoms with Crippen LogP contribution < -0.4 is 5.73 Å². The number of hydrogen-bond donors (Lipinski definition) is 3. The lowest BCUT2D eigenvalue weighted by molar-refractivity contribution is 0.359. The van der Waals surface area contributed by atoms with E-state index in [0.717, 1.165) is 0 Å². The van der Waals surface area contributed by atoms with Crippen LogP contribution in [-0.4, -0.2) is 16.3 Å². The van der Waals surface area contributed by atoms with E-state index < -0.39 is 13.3 Å². The molecule has 0 saturated heterocycles. The summed E-state index contributed by atoms with van der Waals surface area (Å²) in [5.41, 5.74) is 5.00. The molecule has 5 heteroatoms. The summed E-state index contributed by atoms with van der Waals surface area (Å²) < 4.78 is 11.0. The van der Waals surface area contributed by atoms with Gasteiger partial charge in [-0.25, -0.2) is 0 Å².